The van der Waals surface area contributed by atoms with Gasteiger partial charge in [0.1, 0.15) is 4.90 Å². The molecule has 0 aliphatic carbocycles. The number of nitrogens with two attached hydrogens (primary N) is 1. The van der Waals surface area contributed by atoms with Crippen molar-refractivity contribution in [3.05, 3.63) is 51.5 Å². The van der Waals surface area contributed by atoms with Crippen molar-refractivity contribution < 1.29 is 8.42 Å². The van der Waals surface area contributed by atoms with Crippen LogP contribution in [0.1, 0.15) is 11.1 Å². The first-order valence-electron chi connectivity index (χ1n) is 6.05. The highest BCUT2D eigenvalue weighted by Gasteiger charge is 2.20. The first-order chi connectivity index (χ1) is 9.70. The largest absolute Gasteiger partial charge is 0.398 e. The van der Waals surface area contributed by atoms with Crippen molar-refractivity contribution in [2.45, 2.75) is 18.7 Å². The quantitative estimate of drug-likeness (QED) is 0.826. The van der Waals surface area contributed by atoms with E-state index in [2.05, 4.69) is 4.72 Å². The summed E-state index contributed by atoms with van der Waals surface area (Å²) in [4.78, 5) is -0.0797. The summed E-state index contributed by atoms with van der Waals surface area (Å²) < 4.78 is 27.2. The third kappa shape index (κ3) is 3.43. The molecule has 0 aliphatic heterocycles. The number of rotatable bonds is 3. The van der Waals surface area contributed by atoms with Gasteiger partial charge in [-0.2, -0.15) is 0 Å². The molecule has 0 saturated carbocycles. The van der Waals surface area contributed by atoms with Gasteiger partial charge in [-0.15, -0.1) is 0 Å². The van der Waals surface area contributed by atoms with E-state index in [0.717, 1.165) is 5.56 Å². The molecule has 0 radical (unpaired) electrons. The van der Waals surface area contributed by atoms with E-state index < -0.39 is 10.0 Å². The smallest absolute Gasteiger partial charge is 0.263 e. The molecular weight excluding hydrogens is 331 g/mol. The second kappa shape index (κ2) is 5.75. The summed E-state index contributed by atoms with van der Waals surface area (Å²) in [5.41, 5.74) is 8.04. The summed E-state index contributed by atoms with van der Waals surface area (Å²) in [7, 11) is -3.87. The first kappa shape index (κ1) is 15.9. The van der Waals surface area contributed by atoms with Gasteiger partial charge in [-0.05, 0) is 49.2 Å². The fourth-order valence-corrected chi connectivity index (χ4v) is 3.81. The molecule has 0 unspecified atom stereocenters. The third-order valence-corrected chi connectivity index (χ3v) is 5.12. The fourth-order valence-electron chi connectivity index (χ4n) is 1.78. The molecule has 0 spiro atoms. The van der Waals surface area contributed by atoms with Crippen LogP contribution in [0.25, 0.3) is 0 Å². The number of anilines is 2. The molecule has 2 rings (SSSR count). The normalized spacial score (nSPS) is 11.4. The van der Waals surface area contributed by atoms with Crippen molar-refractivity contribution in [2.24, 2.45) is 0 Å². The zero-order valence-electron chi connectivity index (χ0n) is 11.4. The second-order valence-corrected chi connectivity index (χ2v) is 7.19. The first-order valence-corrected chi connectivity index (χ1v) is 8.29. The van der Waals surface area contributed by atoms with E-state index >= 15 is 0 Å². The standard InChI is InChI=1S/C14H14Cl2N2O2S/c1-8-3-4-13(10(15)5-8)18-21(19,20)14-7-12(17)9(2)6-11(14)16/h3-7,18H,17H2,1-2H3. The van der Waals surface area contributed by atoms with Crippen LogP contribution >= 0.6 is 23.2 Å². The van der Waals surface area contributed by atoms with Crippen molar-refractivity contribution in [1.82, 2.24) is 0 Å². The second-order valence-electron chi connectivity index (χ2n) is 4.73. The molecule has 112 valence electrons. The van der Waals surface area contributed by atoms with Gasteiger partial charge < -0.3 is 5.73 Å². The predicted molar refractivity (Wildman–Crippen MR) is 87.6 cm³/mol. The highest BCUT2D eigenvalue weighted by atomic mass is 35.5. The Bertz CT molecular complexity index is 805. The molecule has 7 heteroatoms. The summed E-state index contributed by atoms with van der Waals surface area (Å²) in [6.07, 6.45) is 0. The lowest BCUT2D eigenvalue weighted by Gasteiger charge is -2.12. The van der Waals surface area contributed by atoms with Crippen LogP contribution in [0.2, 0.25) is 10.0 Å². The van der Waals surface area contributed by atoms with Crippen LogP contribution in [0.15, 0.2) is 35.2 Å². The minimum absolute atomic E-state index is 0.0797. The van der Waals surface area contributed by atoms with Crippen LogP contribution in [0.4, 0.5) is 11.4 Å². The van der Waals surface area contributed by atoms with Crippen molar-refractivity contribution >= 4 is 44.6 Å². The van der Waals surface area contributed by atoms with E-state index in [1.807, 2.05) is 6.92 Å². The molecule has 0 amide bonds. The Labute approximate surface area is 133 Å². The highest BCUT2D eigenvalue weighted by molar-refractivity contribution is 7.92. The summed E-state index contributed by atoms with van der Waals surface area (Å²) in [5, 5.41) is 0.423. The Hall–Kier alpha value is -1.43. The number of sulfonamides is 1. The molecule has 0 bridgehead atoms. The van der Waals surface area contributed by atoms with Gasteiger partial charge in [-0.3, -0.25) is 4.72 Å². The molecule has 0 atom stereocenters. The Morgan fingerprint density at radius 2 is 1.71 bits per heavy atom. The number of nitrogen functional groups attached to an aromatic ring is 1. The number of hydrogen-bond donors (Lipinski definition) is 2. The maximum atomic E-state index is 12.4. The van der Waals surface area contributed by atoms with Crippen LogP contribution < -0.4 is 10.5 Å². The van der Waals surface area contributed by atoms with E-state index in [-0.39, 0.29) is 15.6 Å². The molecule has 0 heterocycles. The molecule has 4 nitrogen and oxygen atoms in total. The average Bonchev–Trinajstić information content (AvgIpc) is 2.37. The minimum Gasteiger partial charge on any atom is -0.398 e. The molecule has 2 aromatic rings. The van der Waals surface area contributed by atoms with Gasteiger partial charge in [0.15, 0.2) is 0 Å². The maximum absolute atomic E-state index is 12.4. The Morgan fingerprint density at radius 1 is 1.05 bits per heavy atom. The minimum atomic E-state index is -3.87. The lowest BCUT2D eigenvalue weighted by Crippen LogP contribution is -2.14. The number of benzene rings is 2. The van der Waals surface area contributed by atoms with Gasteiger partial charge in [0, 0.05) is 5.69 Å². The molecule has 0 saturated heterocycles. The molecule has 3 N–H and O–H groups in total. The topological polar surface area (TPSA) is 72.2 Å². The van der Waals surface area contributed by atoms with Gasteiger partial charge in [0.05, 0.1) is 15.7 Å². The molecule has 0 aromatic heterocycles. The Morgan fingerprint density at radius 3 is 2.33 bits per heavy atom. The Balaban J connectivity index is 2.46. The van der Waals surface area contributed by atoms with Gasteiger partial charge >= 0.3 is 0 Å². The predicted octanol–water partition coefficient (Wildman–Crippen LogP) is 3.99. The zero-order valence-corrected chi connectivity index (χ0v) is 13.8. The van der Waals surface area contributed by atoms with Crippen LogP contribution in [0, 0.1) is 13.8 Å². The van der Waals surface area contributed by atoms with Crippen LogP contribution in [0.3, 0.4) is 0 Å². The van der Waals surface area contributed by atoms with Crippen molar-refractivity contribution in [3.63, 3.8) is 0 Å². The summed E-state index contributed by atoms with van der Waals surface area (Å²) >= 11 is 12.0. The Kier molecular flexibility index (Phi) is 4.37. The lowest BCUT2D eigenvalue weighted by molar-refractivity contribution is 0.601. The van der Waals surface area contributed by atoms with Crippen LogP contribution in [-0.2, 0) is 10.0 Å². The van der Waals surface area contributed by atoms with Gasteiger partial charge in [0.25, 0.3) is 10.0 Å². The van der Waals surface area contributed by atoms with E-state index in [1.54, 1.807) is 25.1 Å². The van der Waals surface area contributed by atoms with E-state index in [9.17, 15) is 8.42 Å². The van der Waals surface area contributed by atoms with Crippen molar-refractivity contribution in [3.8, 4) is 0 Å². The maximum Gasteiger partial charge on any atom is 0.263 e. The monoisotopic (exact) mass is 344 g/mol. The van der Waals surface area contributed by atoms with Crippen molar-refractivity contribution in [2.75, 3.05) is 10.5 Å². The number of hydrogen-bond acceptors (Lipinski definition) is 3. The molecule has 21 heavy (non-hydrogen) atoms. The number of nitrogens with one attached hydrogen (secondary N) is 1. The SMILES string of the molecule is Cc1ccc(NS(=O)(=O)c2cc(N)c(C)cc2Cl)c(Cl)c1. The lowest BCUT2D eigenvalue weighted by atomic mass is 10.2. The molecule has 0 fully saturated rings. The van der Waals surface area contributed by atoms with Crippen molar-refractivity contribution in [1.29, 1.82) is 0 Å². The average molecular weight is 345 g/mol. The van der Waals surface area contributed by atoms with Crippen LogP contribution in [-0.4, -0.2) is 8.42 Å². The van der Waals surface area contributed by atoms with E-state index in [4.69, 9.17) is 28.9 Å². The number of halogens is 2. The van der Waals surface area contributed by atoms with Gasteiger partial charge in [-0.1, -0.05) is 29.3 Å². The molecule has 0 aliphatic rings. The zero-order chi connectivity index (χ0) is 15.8. The van der Waals surface area contributed by atoms with Crippen LogP contribution in [0.5, 0.6) is 0 Å². The summed E-state index contributed by atoms with van der Waals surface area (Å²) in [6, 6.07) is 7.88. The van der Waals surface area contributed by atoms with E-state index in [0.29, 0.717) is 16.3 Å². The molecule has 2 aromatic carbocycles. The molecular formula is C14H14Cl2N2O2S. The number of aryl methyl sites for hydroxylation is 2. The van der Waals surface area contributed by atoms with E-state index in [1.165, 1.54) is 12.1 Å². The summed E-state index contributed by atoms with van der Waals surface area (Å²) in [6.45, 7) is 3.61. The fraction of sp³-hybridized carbons (Fsp3) is 0.143. The third-order valence-electron chi connectivity index (χ3n) is 2.98. The highest BCUT2D eigenvalue weighted by Crippen LogP contribution is 2.30. The van der Waals surface area contributed by atoms with Gasteiger partial charge in [-0.25, -0.2) is 8.42 Å². The summed E-state index contributed by atoms with van der Waals surface area (Å²) in [5.74, 6) is 0. The van der Waals surface area contributed by atoms with Gasteiger partial charge in [0.2, 0.25) is 0 Å².